The maximum Gasteiger partial charge on any atom is 0.287 e. The summed E-state index contributed by atoms with van der Waals surface area (Å²) >= 11 is 0. The van der Waals surface area contributed by atoms with Crippen molar-refractivity contribution in [1.82, 2.24) is 15.5 Å². The standard InChI is InChI=1S/C25H31N3O4/c1-17(2)31-16-21-20-7-5-6-8-22(20)32-23(21)25(30)27-15-18-9-11-19(12-10-18)24(29)26-13-14-28(3)4/h5-12,17H,13-16H2,1-4H3,(H,26,29)(H,27,30). The van der Waals surface area contributed by atoms with E-state index in [0.717, 1.165) is 23.1 Å². The minimum atomic E-state index is -0.297. The van der Waals surface area contributed by atoms with Crippen molar-refractivity contribution in [3.8, 4) is 0 Å². The Morgan fingerprint density at radius 3 is 2.41 bits per heavy atom. The van der Waals surface area contributed by atoms with Gasteiger partial charge in [0.1, 0.15) is 5.58 Å². The van der Waals surface area contributed by atoms with Crippen LogP contribution in [-0.2, 0) is 17.9 Å². The fourth-order valence-electron chi connectivity index (χ4n) is 3.21. The molecule has 2 aromatic carbocycles. The average Bonchev–Trinajstić information content (AvgIpc) is 3.14. The van der Waals surface area contributed by atoms with E-state index < -0.39 is 0 Å². The Hall–Kier alpha value is -3.16. The van der Waals surface area contributed by atoms with Gasteiger partial charge in [0.15, 0.2) is 5.76 Å². The third kappa shape index (κ3) is 6.18. The normalized spacial score (nSPS) is 11.3. The predicted octanol–water partition coefficient (Wildman–Crippen LogP) is 3.58. The summed E-state index contributed by atoms with van der Waals surface area (Å²) in [6.07, 6.45) is 0.0400. The van der Waals surface area contributed by atoms with E-state index in [-0.39, 0.29) is 23.7 Å². The van der Waals surface area contributed by atoms with E-state index in [1.165, 1.54) is 0 Å². The number of hydrogen-bond acceptors (Lipinski definition) is 5. The second kappa shape index (κ2) is 10.9. The van der Waals surface area contributed by atoms with Gasteiger partial charge in [-0.3, -0.25) is 9.59 Å². The molecular weight excluding hydrogens is 406 g/mol. The number of furan rings is 1. The van der Waals surface area contributed by atoms with Crippen molar-refractivity contribution in [2.45, 2.75) is 33.1 Å². The Morgan fingerprint density at radius 2 is 1.72 bits per heavy atom. The molecule has 2 amide bonds. The Bertz CT molecular complexity index is 1050. The van der Waals surface area contributed by atoms with Gasteiger partial charge in [-0.15, -0.1) is 0 Å². The number of fused-ring (bicyclic) bond motifs is 1. The predicted molar refractivity (Wildman–Crippen MR) is 125 cm³/mol. The van der Waals surface area contributed by atoms with Gasteiger partial charge in [0.2, 0.25) is 0 Å². The van der Waals surface area contributed by atoms with Gasteiger partial charge in [-0.2, -0.15) is 0 Å². The highest BCUT2D eigenvalue weighted by Crippen LogP contribution is 2.27. The summed E-state index contributed by atoms with van der Waals surface area (Å²) in [5.74, 6) is -0.141. The second-order valence-electron chi connectivity index (χ2n) is 8.20. The molecule has 0 spiro atoms. The van der Waals surface area contributed by atoms with Crippen LogP contribution in [0.1, 0.15) is 45.9 Å². The molecule has 170 valence electrons. The van der Waals surface area contributed by atoms with Crippen molar-refractivity contribution in [3.63, 3.8) is 0 Å². The summed E-state index contributed by atoms with van der Waals surface area (Å²) in [4.78, 5) is 27.1. The van der Waals surface area contributed by atoms with Crippen LogP contribution in [0.5, 0.6) is 0 Å². The van der Waals surface area contributed by atoms with E-state index in [4.69, 9.17) is 9.15 Å². The molecule has 1 heterocycles. The lowest BCUT2D eigenvalue weighted by Crippen LogP contribution is -2.31. The Labute approximate surface area is 188 Å². The van der Waals surface area contributed by atoms with Crippen LogP contribution in [0.4, 0.5) is 0 Å². The molecule has 0 bridgehead atoms. The molecule has 3 aromatic rings. The quantitative estimate of drug-likeness (QED) is 0.507. The zero-order valence-electron chi connectivity index (χ0n) is 19.1. The molecule has 0 radical (unpaired) electrons. The number of nitrogens with zero attached hydrogens (tertiary/aromatic N) is 1. The highest BCUT2D eigenvalue weighted by atomic mass is 16.5. The van der Waals surface area contributed by atoms with Gasteiger partial charge >= 0.3 is 0 Å². The molecule has 1 aromatic heterocycles. The third-order valence-electron chi connectivity index (χ3n) is 4.98. The summed E-state index contributed by atoms with van der Waals surface area (Å²) in [6, 6.07) is 14.7. The van der Waals surface area contributed by atoms with E-state index in [2.05, 4.69) is 10.6 Å². The number of hydrogen-bond donors (Lipinski definition) is 2. The number of carbonyl (C=O) groups excluding carboxylic acids is 2. The molecule has 0 unspecified atom stereocenters. The van der Waals surface area contributed by atoms with Gasteiger partial charge < -0.3 is 24.7 Å². The number of nitrogens with one attached hydrogen (secondary N) is 2. The van der Waals surface area contributed by atoms with E-state index in [9.17, 15) is 9.59 Å². The van der Waals surface area contributed by atoms with Crippen molar-refractivity contribution < 1.29 is 18.7 Å². The molecule has 7 heteroatoms. The Kier molecular flexibility index (Phi) is 8.03. The molecule has 0 saturated carbocycles. The van der Waals surface area contributed by atoms with Crippen LogP contribution in [0.25, 0.3) is 11.0 Å². The first-order chi connectivity index (χ1) is 15.3. The smallest absolute Gasteiger partial charge is 0.287 e. The average molecular weight is 438 g/mol. The lowest BCUT2D eigenvalue weighted by Gasteiger charge is -2.11. The van der Waals surface area contributed by atoms with Crippen LogP contribution in [0.15, 0.2) is 52.9 Å². The highest BCUT2D eigenvalue weighted by Gasteiger charge is 2.20. The molecule has 3 rings (SSSR count). The van der Waals surface area contributed by atoms with Crippen LogP contribution in [0.3, 0.4) is 0 Å². The second-order valence-corrected chi connectivity index (χ2v) is 8.20. The summed E-state index contributed by atoms with van der Waals surface area (Å²) in [6.45, 7) is 5.90. The molecular formula is C25H31N3O4. The molecule has 2 N–H and O–H groups in total. The first-order valence-electron chi connectivity index (χ1n) is 10.8. The number of ether oxygens (including phenoxy) is 1. The lowest BCUT2D eigenvalue weighted by atomic mass is 10.1. The van der Waals surface area contributed by atoms with Crippen molar-refractivity contribution in [2.75, 3.05) is 27.2 Å². The van der Waals surface area contributed by atoms with Crippen molar-refractivity contribution >= 4 is 22.8 Å². The highest BCUT2D eigenvalue weighted by molar-refractivity contribution is 5.99. The molecule has 0 aliphatic rings. The van der Waals surface area contributed by atoms with Gasteiger partial charge in [-0.05, 0) is 51.7 Å². The van der Waals surface area contributed by atoms with Crippen LogP contribution in [0, 0.1) is 0 Å². The van der Waals surface area contributed by atoms with Crippen LogP contribution < -0.4 is 10.6 Å². The van der Waals surface area contributed by atoms with E-state index in [1.807, 2.05) is 69.2 Å². The van der Waals surface area contributed by atoms with Gasteiger partial charge in [0, 0.05) is 36.1 Å². The summed E-state index contributed by atoms with van der Waals surface area (Å²) in [5, 5.41) is 6.67. The first-order valence-corrected chi connectivity index (χ1v) is 10.8. The van der Waals surface area contributed by atoms with Crippen LogP contribution >= 0.6 is 0 Å². The fraction of sp³-hybridized carbons (Fsp3) is 0.360. The number of carbonyl (C=O) groups is 2. The van der Waals surface area contributed by atoms with Crippen LogP contribution in [0.2, 0.25) is 0 Å². The first kappa shape index (κ1) is 23.5. The van der Waals surface area contributed by atoms with Gasteiger partial charge in [-0.25, -0.2) is 0 Å². The SMILES string of the molecule is CC(C)OCc1c(C(=O)NCc2ccc(C(=O)NCCN(C)C)cc2)oc2ccccc12. The monoisotopic (exact) mass is 437 g/mol. The summed E-state index contributed by atoms with van der Waals surface area (Å²) in [7, 11) is 3.92. The summed E-state index contributed by atoms with van der Waals surface area (Å²) in [5.41, 5.74) is 2.88. The summed E-state index contributed by atoms with van der Waals surface area (Å²) < 4.78 is 11.6. The van der Waals surface area contributed by atoms with Gasteiger partial charge in [-0.1, -0.05) is 30.3 Å². The molecule has 0 aliphatic carbocycles. The Morgan fingerprint density at radius 1 is 1.00 bits per heavy atom. The maximum atomic E-state index is 12.9. The molecule has 7 nitrogen and oxygen atoms in total. The van der Waals surface area contributed by atoms with Crippen LogP contribution in [-0.4, -0.2) is 50.0 Å². The number of likely N-dealkylation sites (N-methyl/N-ethyl adjacent to an activating group) is 1. The molecule has 0 saturated heterocycles. The van der Waals surface area contributed by atoms with Crippen molar-refractivity contribution in [1.29, 1.82) is 0 Å². The molecule has 0 fully saturated rings. The van der Waals surface area contributed by atoms with Gasteiger partial charge in [0.05, 0.1) is 12.7 Å². The largest absolute Gasteiger partial charge is 0.451 e. The van der Waals surface area contributed by atoms with E-state index in [0.29, 0.717) is 30.8 Å². The minimum Gasteiger partial charge on any atom is -0.451 e. The Balaban J connectivity index is 1.63. The van der Waals surface area contributed by atoms with Crippen molar-refractivity contribution in [2.24, 2.45) is 0 Å². The van der Waals surface area contributed by atoms with E-state index in [1.54, 1.807) is 12.1 Å². The van der Waals surface area contributed by atoms with E-state index >= 15 is 0 Å². The zero-order valence-corrected chi connectivity index (χ0v) is 19.1. The third-order valence-corrected chi connectivity index (χ3v) is 4.98. The lowest BCUT2D eigenvalue weighted by molar-refractivity contribution is 0.0643. The van der Waals surface area contributed by atoms with Gasteiger partial charge in [0.25, 0.3) is 11.8 Å². The number of para-hydroxylation sites is 1. The maximum absolute atomic E-state index is 12.9. The topological polar surface area (TPSA) is 83.8 Å². The molecule has 32 heavy (non-hydrogen) atoms. The minimum absolute atomic E-state index is 0.0400. The molecule has 0 atom stereocenters. The fourth-order valence-corrected chi connectivity index (χ4v) is 3.21. The molecule has 0 aliphatic heterocycles. The number of rotatable bonds is 10. The number of benzene rings is 2. The number of amides is 2. The van der Waals surface area contributed by atoms with Crippen molar-refractivity contribution in [3.05, 3.63) is 71.0 Å². The zero-order chi connectivity index (χ0) is 23.1.